The van der Waals surface area contributed by atoms with Crippen molar-refractivity contribution in [3.8, 4) is 11.1 Å². The van der Waals surface area contributed by atoms with Gasteiger partial charge in [-0.25, -0.2) is 4.79 Å². The van der Waals surface area contributed by atoms with E-state index in [1.54, 1.807) is 25.1 Å². The van der Waals surface area contributed by atoms with Crippen LogP contribution in [0.2, 0.25) is 5.02 Å². The molecule has 3 rings (SSSR count). The number of carbonyl (C=O) groups excluding carboxylic acids is 2. The molecular weight excluding hydrogens is 362 g/mol. The first-order valence-electron chi connectivity index (χ1n) is 9.46. The summed E-state index contributed by atoms with van der Waals surface area (Å²) in [5.74, 6) is -0.161. The fourth-order valence-corrected chi connectivity index (χ4v) is 3.66. The average Bonchev–Trinajstić information content (AvgIpc) is 2.70. The topological polar surface area (TPSA) is 55.4 Å². The summed E-state index contributed by atoms with van der Waals surface area (Å²) in [6.45, 7) is 2.12. The summed E-state index contributed by atoms with van der Waals surface area (Å²) >= 11 is 6.36. The second-order valence-corrected chi connectivity index (χ2v) is 7.22. The van der Waals surface area contributed by atoms with Crippen LogP contribution in [-0.4, -0.2) is 18.5 Å². The fraction of sp³-hybridized carbons (Fsp3) is 0.364. The Bertz CT molecular complexity index is 811. The summed E-state index contributed by atoms with van der Waals surface area (Å²) in [6.07, 6.45) is 5.38. The van der Waals surface area contributed by atoms with Gasteiger partial charge in [0.2, 0.25) is 5.91 Å². The molecule has 0 aliphatic heterocycles. The molecule has 5 heteroatoms. The minimum Gasteiger partial charge on any atom is -0.462 e. The number of nitrogens with one attached hydrogen (secondary N) is 1. The maximum absolute atomic E-state index is 12.5. The first-order valence-corrected chi connectivity index (χ1v) is 9.84. The molecule has 1 amide bonds. The van der Waals surface area contributed by atoms with Crippen molar-refractivity contribution in [3.63, 3.8) is 0 Å². The molecule has 0 radical (unpaired) electrons. The number of esters is 1. The zero-order valence-corrected chi connectivity index (χ0v) is 16.2. The third-order valence-corrected chi connectivity index (χ3v) is 5.25. The summed E-state index contributed by atoms with van der Waals surface area (Å²) in [5.41, 5.74) is 2.92. The maximum Gasteiger partial charge on any atom is 0.338 e. The molecule has 0 aromatic heterocycles. The van der Waals surface area contributed by atoms with Crippen LogP contribution in [0.5, 0.6) is 0 Å². The smallest absolute Gasteiger partial charge is 0.338 e. The molecule has 1 aliphatic carbocycles. The summed E-state index contributed by atoms with van der Waals surface area (Å²) in [4.78, 5) is 24.3. The molecule has 2 aromatic rings. The summed E-state index contributed by atoms with van der Waals surface area (Å²) in [5, 5.41) is 3.62. The third kappa shape index (κ3) is 4.89. The highest BCUT2D eigenvalue weighted by Crippen LogP contribution is 2.32. The van der Waals surface area contributed by atoms with E-state index < -0.39 is 0 Å². The van der Waals surface area contributed by atoms with Gasteiger partial charge in [-0.05, 0) is 55.7 Å². The van der Waals surface area contributed by atoms with E-state index in [1.807, 2.05) is 24.3 Å². The van der Waals surface area contributed by atoms with Gasteiger partial charge in [-0.1, -0.05) is 43.0 Å². The molecule has 1 N–H and O–H groups in total. The summed E-state index contributed by atoms with van der Waals surface area (Å²) in [6, 6.07) is 12.6. The molecule has 0 saturated heterocycles. The standard InChI is InChI=1S/C22H24ClNO3/c1-2-27-22(26)17-10-8-15(9-11-17)19-14-18(12-13-20(19)23)24-21(25)16-6-4-3-5-7-16/h8-14,16H,2-7H2,1H3,(H,24,25). The minimum atomic E-state index is -0.344. The lowest BCUT2D eigenvalue weighted by Gasteiger charge is -2.21. The molecular formula is C22H24ClNO3. The number of benzene rings is 2. The van der Waals surface area contributed by atoms with Crippen LogP contribution in [-0.2, 0) is 9.53 Å². The fourth-order valence-electron chi connectivity index (χ4n) is 3.43. The predicted octanol–water partition coefficient (Wildman–Crippen LogP) is 5.70. The Hall–Kier alpha value is -2.33. The average molecular weight is 386 g/mol. The molecule has 0 spiro atoms. The van der Waals surface area contributed by atoms with Gasteiger partial charge in [-0.15, -0.1) is 0 Å². The number of halogens is 1. The van der Waals surface area contributed by atoms with Crippen LogP contribution in [0.4, 0.5) is 5.69 Å². The lowest BCUT2D eigenvalue weighted by molar-refractivity contribution is -0.120. The molecule has 2 aromatic carbocycles. The van der Waals surface area contributed by atoms with E-state index in [-0.39, 0.29) is 17.8 Å². The molecule has 0 atom stereocenters. The van der Waals surface area contributed by atoms with Crippen LogP contribution < -0.4 is 5.32 Å². The van der Waals surface area contributed by atoms with Gasteiger partial charge in [0.1, 0.15) is 0 Å². The molecule has 27 heavy (non-hydrogen) atoms. The van der Waals surface area contributed by atoms with Crippen LogP contribution in [0.15, 0.2) is 42.5 Å². The number of amides is 1. The molecule has 142 valence electrons. The number of anilines is 1. The molecule has 0 bridgehead atoms. The number of rotatable bonds is 5. The van der Waals surface area contributed by atoms with Crippen molar-refractivity contribution in [1.29, 1.82) is 0 Å². The SMILES string of the molecule is CCOC(=O)c1ccc(-c2cc(NC(=O)C3CCCCC3)ccc2Cl)cc1. The summed E-state index contributed by atoms with van der Waals surface area (Å²) < 4.78 is 5.01. The van der Waals surface area contributed by atoms with Gasteiger partial charge in [0.05, 0.1) is 12.2 Å². The van der Waals surface area contributed by atoms with Crippen LogP contribution in [0.25, 0.3) is 11.1 Å². The number of hydrogen-bond donors (Lipinski definition) is 1. The van der Waals surface area contributed by atoms with Crippen molar-refractivity contribution in [2.75, 3.05) is 11.9 Å². The molecule has 1 aliphatic rings. The van der Waals surface area contributed by atoms with Crippen molar-refractivity contribution in [2.45, 2.75) is 39.0 Å². The van der Waals surface area contributed by atoms with Crippen LogP contribution in [0, 0.1) is 5.92 Å². The monoisotopic (exact) mass is 385 g/mol. The maximum atomic E-state index is 12.5. The lowest BCUT2D eigenvalue weighted by atomic mass is 9.88. The second-order valence-electron chi connectivity index (χ2n) is 6.82. The Labute approximate surface area is 164 Å². The van der Waals surface area contributed by atoms with Gasteiger partial charge in [0.15, 0.2) is 0 Å². The highest BCUT2D eigenvalue weighted by molar-refractivity contribution is 6.33. The van der Waals surface area contributed by atoms with Crippen molar-refractivity contribution >= 4 is 29.2 Å². The van der Waals surface area contributed by atoms with Gasteiger partial charge in [0.25, 0.3) is 0 Å². The van der Waals surface area contributed by atoms with Crippen LogP contribution >= 0.6 is 11.6 Å². The first kappa shape index (κ1) is 19.4. The van der Waals surface area contributed by atoms with E-state index in [9.17, 15) is 9.59 Å². The Morgan fingerprint density at radius 2 is 1.78 bits per heavy atom. The molecule has 4 nitrogen and oxygen atoms in total. The van der Waals surface area contributed by atoms with Crippen molar-refractivity contribution < 1.29 is 14.3 Å². The van der Waals surface area contributed by atoms with Gasteiger partial charge < -0.3 is 10.1 Å². The Balaban J connectivity index is 1.76. The zero-order chi connectivity index (χ0) is 19.2. The molecule has 1 fully saturated rings. The lowest BCUT2D eigenvalue weighted by Crippen LogP contribution is -2.24. The predicted molar refractivity (Wildman–Crippen MR) is 108 cm³/mol. The van der Waals surface area contributed by atoms with Crippen LogP contribution in [0.1, 0.15) is 49.4 Å². The highest BCUT2D eigenvalue weighted by atomic mass is 35.5. The Kier molecular flexibility index (Phi) is 6.51. The minimum absolute atomic E-state index is 0.0839. The van der Waals surface area contributed by atoms with Gasteiger partial charge in [-0.2, -0.15) is 0 Å². The van der Waals surface area contributed by atoms with Gasteiger partial charge in [-0.3, -0.25) is 4.79 Å². The first-order chi connectivity index (χ1) is 13.1. The highest BCUT2D eigenvalue weighted by Gasteiger charge is 2.21. The van der Waals surface area contributed by atoms with E-state index in [4.69, 9.17) is 16.3 Å². The largest absolute Gasteiger partial charge is 0.462 e. The molecule has 1 saturated carbocycles. The van der Waals surface area contributed by atoms with Crippen molar-refractivity contribution in [1.82, 2.24) is 0 Å². The Morgan fingerprint density at radius 3 is 2.44 bits per heavy atom. The zero-order valence-electron chi connectivity index (χ0n) is 15.5. The third-order valence-electron chi connectivity index (χ3n) is 4.92. The molecule has 0 heterocycles. The van der Waals surface area contributed by atoms with Crippen molar-refractivity contribution in [2.24, 2.45) is 5.92 Å². The quantitative estimate of drug-likeness (QED) is 0.671. The number of ether oxygens (including phenoxy) is 1. The van der Waals surface area contributed by atoms with Gasteiger partial charge in [0, 0.05) is 22.2 Å². The van der Waals surface area contributed by atoms with E-state index in [2.05, 4.69) is 5.32 Å². The van der Waals surface area contributed by atoms with E-state index in [0.29, 0.717) is 17.2 Å². The van der Waals surface area contributed by atoms with Crippen molar-refractivity contribution in [3.05, 3.63) is 53.1 Å². The van der Waals surface area contributed by atoms with E-state index in [0.717, 1.165) is 42.5 Å². The van der Waals surface area contributed by atoms with Gasteiger partial charge >= 0.3 is 5.97 Å². The Morgan fingerprint density at radius 1 is 1.07 bits per heavy atom. The number of carbonyl (C=O) groups is 2. The normalized spacial score (nSPS) is 14.6. The van der Waals surface area contributed by atoms with E-state index >= 15 is 0 Å². The second kappa shape index (κ2) is 9.05. The van der Waals surface area contributed by atoms with E-state index in [1.165, 1.54) is 6.42 Å². The molecule has 0 unspecified atom stereocenters. The number of hydrogen-bond acceptors (Lipinski definition) is 3. The van der Waals surface area contributed by atoms with Crippen LogP contribution in [0.3, 0.4) is 0 Å². The summed E-state index contributed by atoms with van der Waals surface area (Å²) in [7, 11) is 0.